The second-order valence-electron chi connectivity index (χ2n) is 6.04. The van der Waals surface area contributed by atoms with E-state index in [9.17, 15) is 4.79 Å². The Hall–Kier alpha value is -2.73. The zero-order valence-electron chi connectivity index (χ0n) is 15.2. The largest absolute Gasteiger partial charge is 0.496 e. The van der Waals surface area contributed by atoms with Gasteiger partial charge in [0.25, 0.3) is 5.56 Å². The van der Waals surface area contributed by atoms with Gasteiger partial charge in [-0.1, -0.05) is 0 Å². The van der Waals surface area contributed by atoms with Gasteiger partial charge >= 0.3 is 0 Å². The maximum atomic E-state index is 12.5. The SMILES string of the molecule is CNCc1c(OC)cc(-c2cn(C)c(=O)c3c2ccn3C)cc1OC. The summed E-state index contributed by atoms with van der Waals surface area (Å²) in [7, 11) is 8.83. The molecule has 3 rings (SSSR count). The molecule has 1 aromatic carbocycles. The zero-order valence-corrected chi connectivity index (χ0v) is 15.2. The fourth-order valence-electron chi connectivity index (χ4n) is 3.22. The van der Waals surface area contributed by atoms with Crippen molar-refractivity contribution in [3.8, 4) is 22.6 Å². The van der Waals surface area contributed by atoms with E-state index >= 15 is 0 Å². The van der Waals surface area contributed by atoms with Gasteiger partial charge in [0, 0.05) is 49.5 Å². The van der Waals surface area contributed by atoms with Gasteiger partial charge in [0.1, 0.15) is 17.0 Å². The van der Waals surface area contributed by atoms with Crippen LogP contribution in [0.2, 0.25) is 0 Å². The van der Waals surface area contributed by atoms with Crippen molar-refractivity contribution < 1.29 is 9.47 Å². The first kappa shape index (κ1) is 17.1. The summed E-state index contributed by atoms with van der Waals surface area (Å²) in [5.41, 5.74) is 3.53. The lowest BCUT2D eigenvalue weighted by Gasteiger charge is -2.16. The van der Waals surface area contributed by atoms with Gasteiger partial charge < -0.3 is 23.9 Å². The normalized spacial score (nSPS) is 11.1. The predicted molar refractivity (Wildman–Crippen MR) is 99.5 cm³/mol. The molecule has 0 radical (unpaired) electrons. The van der Waals surface area contributed by atoms with Gasteiger partial charge in [-0.3, -0.25) is 4.79 Å². The van der Waals surface area contributed by atoms with E-state index in [4.69, 9.17) is 9.47 Å². The molecule has 6 heteroatoms. The number of ether oxygens (including phenoxy) is 2. The Morgan fingerprint density at radius 2 is 1.72 bits per heavy atom. The van der Waals surface area contributed by atoms with Crippen LogP contribution in [0, 0.1) is 0 Å². The van der Waals surface area contributed by atoms with E-state index in [-0.39, 0.29) is 5.56 Å². The van der Waals surface area contributed by atoms with Crippen molar-refractivity contribution in [2.24, 2.45) is 14.1 Å². The first-order valence-corrected chi connectivity index (χ1v) is 8.06. The molecule has 132 valence electrons. The van der Waals surface area contributed by atoms with Crippen molar-refractivity contribution in [2.75, 3.05) is 21.3 Å². The minimum atomic E-state index is -0.0167. The molecule has 6 nitrogen and oxygen atoms in total. The third-order valence-corrected chi connectivity index (χ3v) is 4.48. The smallest absolute Gasteiger partial charge is 0.274 e. The topological polar surface area (TPSA) is 57.4 Å². The first-order valence-electron chi connectivity index (χ1n) is 8.06. The molecule has 0 atom stereocenters. The van der Waals surface area contributed by atoms with E-state index in [1.165, 1.54) is 0 Å². The average molecular weight is 341 g/mol. The summed E-state index contributed by atoms with van der Waals surface area (Å²) >= 11 is 0. The minimum Gasteiger partial charge on any atom is -0.496 e. The van der Waals surface area contributed by atoms with Crippen LogP contribution in [-0.4, -0.2) is 30.4 Å². The Labute approximate surface area is 146 Å². The number of methoxy groups -OCH3 is 2. The van der Waals surface area contributed by atoms with Gasteiger partial charge in [0.05, 0.1) is 14.2 Å². The standard InChI is InChI=1S/C19H23N3O3/c1-20-10-14-16(24-4)8-12(9-17(14)25-5)15-11-22(3)19(23)18-13(15)6-7-21(18)2/h6-9,11,20H,10H2,1-5H3. The van der Waals surface area contributed by atoms with Crippen LogP contribution in [0.5, 0.6) is 11.5 Å². The molecule has 0 aliphatic carbocycles. The molecule has 0 unspecified atom stereocenters. The van der Waals surface area contributed by atoms with Crippen molar-refractivity contribution in [3.05, 3.63) is 46.5 Å². The maximum Gasteiger partial charge on any atom is 0.274 e. The Morgan fingerprint density at radius 3 is 2.28 bits per heavy atom. The summed E-state index contributed by atoms with van der Waals surface area (Å²) in [5.74, 6) is 1.50. The maximum absolute atomic E-state index is 12.5. The van der Waals surface area contributed by atoms with Crippen LogP contribution in [0.15, 0.2) is 35.4 Å². The number of hydrogen-bond acceptors (Lipinski definition) is 4. The molecule has 0 amide bonds. The number of hydrogen-bond donors (Lipinski definition) is 1. The van der Waals surface area contributed by atoms with E-state index in [0.29, 0.717) is 12.1 Å². The van der Waals surface area contributed by atoms with Crippen molar-refractivity contribution in [1.82, 2.24) is 14.5 Å². The second-order valence-corrected chi connectivity index (χ2v) is 6.04. The van der Waals surface area contributed by atoms with Crippen LogP contribution in [0.1, 0.15) is 5.56 Å². The van der Waals surface area contributed by atoms with Gasteiger partial charge in [0.2, 0.25) is 0 Å². The molecular formula is C19H23N3O3. The molecule has 1 N–H and O–H groups in total. The van der Waals surface area contributed by atoms with Crippen LogP contribution in [-0.2, 0) is 20.6 Å². The summed E-state index contributed by atoms with van der Waals surface area (Å²) in [6.07, 6.45) is 3.76. The van der Waals surface area contributed by atoms with Gasteiger partial charge in [-0.15, -0.1) is 0 Å². The summed E-state index contributed by atoms with van der Waals surface area (Å²) in [6, 6.07) is 5.94. The molecule has 2 aromatic heterocycles. The lowest BCUT2D eigenvalue weighted by atomic mass is 10.0. The van der Waals surface area contributed by atoms with E-state index in [0.717, 1.165) is 33.6 Å². The molecule has 0 spiro atoms. The number of rotatable bonds is 5. The molecule has 0 aliphatic heterocycles. The quantitative estimate of drug-likeness (QED) is 0.773. The van der Waals surface area contributed by atoms with E-state index < -0.39 is 0 Å². The lowest BCUT2D eigenvalue weighted by Crippen LogP contribution is -2.18. The average Bonchev–Trinajstić information content (AvgIpc) is 3.00. The number of benzene rings is 1. The number of aromatic nitrogens is 2. The van der Waals surface area contributed by atoms with Gasteiger partial charge in [0.15, 0.2) is 0 Å². The highest BCUT2D eigenvalue weighted by molar-refractivity contribution is 5.95. The molecule has 0 fully saturated rings. The predicted octanol–water partition coefficient (Wildman–Crippen LogP) is 2.28. The van der Waals surface area contributed by atoms with Crippen molar-refractivity contribution >= 4 is 10.9 Å². The minimum absolute atomic E-state index is 0.0167. The van der Waals surface area contributed by atoms with Crippen molar-refractivity contribution in [3.63, 3.8) is 0 Å². The van der Waals surface area contributed by atoms with E-state index in [2.05, 4.69) is 5.32 Å². The number of pyridine rings is 1. The molecular weight excluding hydrogens is 318 g/mol. The van der Waals surface area contributed by atoms with Crippen LogP contribution < -0.4 is 20.3 Å². The molecule has 25 heavy (non-hydrogen) atoms. The van der Waals surface area contributed by atoms with Crippen LogP contribution in [0.3, 0.4) is 0 Å². The molecule has 0 bridgehead atoms. The third-order valence-electron chi connectivity index (χ3n) is 4.48. The molecule has 0 saturated heterocycles. The lowest BCUT2D eigenvalue weighted by molar-refractivity contribution is 0.384. The first-order chi connectivity index (χ1) is 12.0. The highest BCUT2D eigenvalue weighted by atomic mass is 16.5. The monoisotopic (exact) mass is 341 g/mol. The number of aryl methyl sites for hydroxylation is 2. The van der Waals surface area contributed by atoms with Crippen LogP contribution >= 0.6 is 0 Å². The van der Waals surface area contributed by atoms with Gasteiger partial charge in [-0.2, -0.15) is 0 Å². The number of fused-ring (bicyclic) bond motifs is 1. The Morgan fingerprint density at radius 1 is 1.08 bits per heavy atom. The summed E-state index contributed by atoms with van der Waals surface area (Å²) in [4.78, 5) is 12.5. The van der Waals surface area contributed by atoms with Gasteiger partial charge in [-0.25, -0.2) is 0 Å². The van der Waals surface area contributed by atoms with Crippen molar-refractivity contribution in [2.45, 2.75) is 6.54 Å². The highest BCUT2D eigenvalue weighted by Crippen LogP contribution is 2.37. The summed E-state index contributed by atoms with van der Waals surface area (Å²) < 4.78 is 14.6. The Kier molecular flexibility index (Phi) is 4.55. The van der Waals surface area contributed by atoms with E-state index in [1.807, 2.05) is 49.3 Å². The fourth-order valence-corrected chi connectivity index (χ4v) is 3.22. The molecule has 0 saturated carbocycles. The number of nitrogens with one attached hydrogen (secondary N) is 1. The fraction of sp³-hybridized carbons (Fsp3) is 0.316. The zero-order chi connectivity index (χ0) is 18.1. The summed E-state index contributed by atoms with van der Waals surface area (Å²) in [6.45, 7) is 0.640. The van der Waals surface area contributed by atoms with Crippen molar-refractivity contribution in [1.29, 1.82) is 0 Å². The number of nitrogens with zero attached hydrogens (tertiary/aromatic N) is 2. The second kappa shape index (κ2) is 6.64. The molecule has 2 heterocycles. The third kappa shape index (κ3) is 2.78. The highest BCUT2D eigenvalue weighted by Gasteiger charge is 2.17. The van der Waals surface area contributed by atoms with Gasteiger partial charge in [-0.05, 0) is 30.8 Å². The molecule has 3 aromatic rings. The Bertz CT molecular complexity index is 960. The van der Waals surface area contributed by atoms with Crippen LogP contribution in [0.25, 0.3) is 22.0 Å². The Balaban J connectivity index is 2.32. The summed E-state index contributed by atoms with van der Waals surface area (Å²) in [5, 5.41) is 4.05. The molecule has 0 aliphatic rings. The van der Waals surface area contributed by atoms with Crippen LogP contribution in [0.4, 0.5) is 0 Å². The van der Waals surface area contributed by atoms with E-state index in [1.54, 1.807) is 25.8 Å².